The van der Waals surface area contributed by atoms with Crippen molar-refractivity contribution in [3.8, 4) is 17.0 Å². The van der Waals surface area contributed by atoms with E-state index in [0.29, 0.717) is 22.0 Å². The van der Waals surface area contributed by atoms with Crippen LogP contribution in [0, 0.1) is 0 Å². The third kappa shape index (κ3) is 5.80. The van der Waals surface area contributed by atoms with E-state index in [2.05, 4.69) is 10.3 Å². The van der Waals surface area contributed by atoms with Crippen molar-refractivity contribution in [1.82, 2.24) is 4.98 Å². The molecule has 0 saturated carbocycles. The van der Waals surface area contributed by atoms with Crippen LogP contribution in [0.5, 0.6) is 5.75 Å². The van der Waals surface area contributed by atoms with Crippen molar-refractivity contribution < 1.29 is 17.9 Å². The molecule has 0 bridgehead atoms. The monoisotopic (exact) mass is 456 g/mol. The van der Waals surface area contributed by atoms with Crippen LogP contribution in [0.15, 0.2) is 64.4 Å². The number of hydrogen-bond acceptors (Lipinski definition) is 6. The molecule has 0 spiro atoms. The maximum atomic E-state index is 12.5. The zero-order valence-corrected chi connectivity index (χ0v) is 19.2. The summed E-state index contributed by atoms with van der Waals surface area (Å²) in [7, 11) is -1.64. The van der Waals surface area contributed by atoms with Gasteiger partial charge in [-0.3, -0.25) is 10.1 Å². The lowest BCUT2D eigenvalue weighted by molar-refractivity contribution is -0.112. The second kappa shape index (κ2) is 9.89. The summed E-state index contributed by atoms with van der Waals surface area (Å²) in [6.07, 6.45) is 2.28. The number of sulfone groups is 1. The topological polar surface area (TPSA) is 85.4 Å². The van der Waals surface area contributed by atoms with Crippen molar-refractivity contribution in [3.05, 3.63) is 65.0 Å². The Bertz CT molecular complexity index is 1180. The highest BCUT2D eigenvalue weighted by Gasteiger charge is 2.13. The predicted octanol–water partition coefficient (Wildman–Crippen LogP) is 5.04. The molecule has 2 aromatic carbocycles. The number of hydrogen-bond donors (Lipinski definition) is 1. The zero-order chi connectivity index (χ0) is 22.4. The number of thiazole rings is 1. The van der Waals surface area contributed by atoms with Crippen molar-refractivity contribution in [1.29, 1.82) is 0 Å². The molecular formula is C23H24N2O4S2. The molecular weight excluding hydrogens is 432 g/mol. The summed E-state index contributed by atoms with van der Waals surface area (Å²) in [5.41, 5.74) is 2.95. The van der Waals surface area contributed by atoms with E-state index in [9.17, 15) is 13.2 Å². The first-order valence-electron chi connectivity index (χ1n) is 9.75. The first-order chi connectivity index (χ1) is 14.8. The fraction of sp³-hybridized carbons (Fsp3) is 0.217. The third-order valence-corrected chi connectivity index (χ3v) is 7.26. The minimum atomic E-state index is -3.25. The highest BCUT2D eigenvalue weighted by atomic mass is 32.2. The number of ether oxygens (including phenoxy) is 1. The van der Waals surface area contributed by atoms with Crippen LogP contribution in [-0.2, 0) is 14.6 Å². The Kier molecular flexibility index (Phi) is 7.25. The quantitative estimate of drug-likeness (QED) is 0.480. The zero-order valence-electron chi connectivity index (χ0n) is 17.6. The Balaban J connectivity index is 1.67. The molecule has 31 heavy (non-hydrogen) atoms. The number of carbonyl (C=O) groups is 1. The Morgan fingerprint density at radius 1 is 1.13 bits per heavy atom. The fourth-order valence-corrected chi connectivity index (χ4v) is 4.93. The van der Waals surface area contributed by atoms with Gasteiger partial charge >= 0.3 is 0 Å². The average Bonchev–Trinajstić information content (AvgIpc) is 3.22. The number of nitrogens with zero attached hydrogens (tertiary/aromatic N) is 1. The van der Waals surface area contributed by atoms with Crippen LogP contribution in [0.4, 0.5) is 5.13 Å². The first kappa shape index (κ1) is 22.7. The minimum absolute atomic E-state index is 0.121. The normalized spacial score (nSPS) is 11.9. The maximum Gasteiger partial charge on any atom is 0.253 e. The summed E-state index contributed by atoms with van der Waals surface area (Å²) in [5.74, 6) is 0.623. The smallest absolute Gasteiger partial charge is 0.253 e. The van der Waals surface area contributed by atoms with E-state index < -0.39 is 9.84 Å². The predicted molar refractivity (Wildman–Crippen MR) is 125 cm³/mol. The van der Waals surface area contributed by atoms with Gasteiger partial charge < -0.3 is 4.74 Å². The van der Waals surface area contributed by atoms with Gasteiger partial charge in [-0.1, -0.05) is 19.1 Å². The van der Waals surface area contributed by atoms with Crippen molar-refractivity contribution >= 4 is 38.3 Å². The number of amides is 1. The van der Waals surface area contributed by atoms with E-state index in [1.165, 1.54) is 11.3 Å². The van der Waals surface area contributed by atoms with E-state index in [0.717, 1.165) is 22.6 Å². The first-order valence-corrected chi connectivity index (χ1v) is 12.3. The molecule has 8 heteroatoms. The SMILES string of the molecule is CCCS(=O)(=O)c1ccc(/C=C(\C)C(=O)Nc2nc(-c3ccc(OC)cc3)cs2)cc1. The Hall–Kier alpha value is -2.97. The number of aromatic nitrogens is 1. The van der Waals surface area contributed by atoms with Gasteiger partial charge in [0.1, 0.15) is 5.75 Å². The van der Waals surface area contributed by atoms with Gasteiger partial charge in [-0.25, -0.2) is 13.4 Å². The van der Waals surface area contributed by atoms with Crippen LogP contribution in [0.1, 0.15) is 25.8 Å². The van der Waals surface area contributed by atoms with E-state index in [1.54, 1.807) is 44.4 Å². The van der Waals surface area contributed by atoms with E-state index in [-0.39, 0.29) is 11.7 Å². The summed E-state index contributed by atoms with van der Waals surface area (Å²) in [4.78, 5) is 17.3. The van der Waals surface area contributed by atoms with E-state index >= 15 is 0 Å². The van der Waals surface area contributed by atoms with Crippen LogP contribution >= 0.6 is 11.3 Å². The number of methoxy groups -OCH3 is 1. The number of rotatable bonds is 8. The standard InChI is InChI=1S/C23H24N2O4S2/c1-4-13-31(27,28)20-11-5-17(6-12-20)14-16(2)22(26)25-23-24-21(15-30-23)18-7-9-19(29-3)10-8-18/h5-12,14-15H,4,13H2,1-3H3,(H,24,25,26)/b16-14+. The molecule has 0 aliphatic rings. The molecule has 1 N–H and O–H groups in total. The number of carbonyl (C=O) groups excluding carboxylic acids is 1. The van der Waals surface area contributed by atoms with Crippen molar-refractivity contribution in [2.24, 2.45) is 0 Å². The van der Waals surface area contributed by atoms with Crippen LogP contribution in [-0.4, -0.2) is 32.2 Å². The van der Waals surface area contributed by atoms with Gasteiger partial charge in [0.05, 0.1) is 23.5 Å². The Labute approximate surface area is 186 Å². The van der Waals surface area contributed by atoms with Crippen LogP contribution < -0.4 is 10.1 Å². The average molecular weight is 457 g/mol. The summed E-state index contributed by atoms with van der Waals surface area (Å²) in [5, 5.41) is 5.19. The molecule has 0 aliphatic heterocycles. The van der Waals surface area contributed by atoms with Crippen molar-refractivity contribution in [2.45, 2.75) is 25.2 Å². The lowest BCUT2D eigenvalue weighted by Gasteiger charge is -2.05. The van der Waals surface area contributed by atoms with Gasteiger partial charge in [-0.2, -0.15) is 0 Å². The van der Waals surface area contributed by atoms with E-state index in [1.807, 2.05) is 36.6 Å². The third-order valence-electron chi connectivity index (χ3n) is 4.56. The molecule has 6 nitrogen and oxygen atoms in total. The lowest BCUT2D eigenvalue weighted by atomic mass is 10.1. The van der Waals surface area contributed by atoms with Crippen LogP contribution in [0.2, 0.25) is 0 Å². The summed E-state index contributed by atoms with van der Waals surface area (Å²) in [6, 6.07) is 14.1. The molecule has 0 fully saturated rings. The largest absolute Gasteiger partial charge is 0.497 e. The van der Waals surface area contributed by atoms with Gasteiger partial charge in [0.2, 0.25) is 0 Å². The molecule has 162 valence electrons. The number of anilines is 1. The van der Waals surface area contributed by atoms with Crippen molar-refractivity contribution in [2.75, 3.05) is 18.2 Å². The highest BCUT2D eigenvalue weighted by Crippen LogP contribution is 2.27. The minimum Gasteiger partial charge on any atom is -0.497 e. The molecule has 1 amide bonds. The highest BCUT2D eigenvalue weighted by molar-refractivity contribution is 7.91. The molecule has 3 aromatic rings. The molecule has 0 unspecified atom stereocenters. The summed E-state index contributed by atoms with van der Waals surface area (Å²) < 4.78 is 29.4. The molecule has 0 atom stereocenters. The maximum absolute atomic E-state index is 12.5. The molecule has 0 aliphatic carbocycles. The van der Waals surface area contributed by atoms with Gasteiger partial charge in [0.15, 0.2) is 15.0 Å². The molecule has 1 aromatic heterocycles. The van der Waals surface area contributed by atoms with Gasteiger partial charge in [-0.05, 0) is 61.4 Å². The number of nitrogens with one attached hydrogen (secondary N) is 1. The summed E-state index contributed by atoms with van der Waals surface area (Å²) >= 11 is 1.35. The van der Waals surface area contributed by atoms with Gasteiger partial charge in [0.25, 0.3) is 5.91 Å². The number of benzene rings is 2. The fourth-order valence-electron chi connectivity index (χ4n) is 2.89. The lowest BCUT2D eigenvalue weighted by Crippen LogP contribution is -2.12. The van der Waals surface area contributed by atoms with E-state index in [4.69, 9.17) is 4.74 Å². The van der Waals surface area contributed by atoms with Crippen molar-refractivity contribution in [3.63, 3.8) is 0 Å². The molecule has 0 radical (unpaired) electrons. The van der Waals surface area contributed by atoms with Crippen LogP contribution in [0.25, 0.3) is 17.3 Å². The Morgan fingerprint density at radius 2 is 1.81 bits per heavy atom. The van der Waals surface area contributed by atoms with Gasteiger partial charge in [-0.15, -0.1) is 11.3 Å². The Morgan fingerprint density at radius 3 is 2.42 bits per heavy atom. The van der Waals surface area contributed by atoms with Gasteiger partial charge in [0, 0.05) is 16.5 Å². The molecule has 3 rings (SSSR count). The second-order valence-electron chi connectivity index (χ2n) is 6.94. The summed E-state index contributed by atoms with van der Waals surface area (Å²) in [6.45, 7) is 3.54. The second-order valence-corrected chi connectivity index (χ2v) is 9.90. The van der Waals surface area contributed by atoms with Crippen LogP contribution in [0.3, 0.4) is 0 Å². The molecule has 1 heterocycles. The molecule has 0 saturated heterocycles.